The maximum absolute atomic E-state index is 5.48. The van der Waals surface area contributed by atoms with Gasteiger partial charge in [-0.3, -0.25) is 4.98 Å². The van der Waals surface area contributed by atoms with Crippen molar-refractivity contribution in [2.45, 2.75) is 19.6 Å². The van der Waals surface area contributed by atoms with Crippen molar-refractivity contribution in [1.29, 1.82) is 0 Å². The molecule has 0 atom stereocenters. The number of pyridine rings is 1. The molecule has 76 valence electrons. The topological polar surface area (TPSA) is 48.1 Å². The maximum atomic E-state index is 5.48. The van der Waals surface area contributed by atoms with Gasteiger partial charge >= 0.3 is 0 Å². The van der Waals surface area contributed by atoms with Crippen LogP contribution in [0.25, 0.3) is 0 Å². The van der Waals surface area contributed by atoms with Crippen molar-refractivity contribution in [2.75, 3.05) is 6.61 Å². The van der Waals surface area contributed by atoms with E-state index in [-0.39, 0.29) is 0 Å². The van der Waals surface area contributed by atoms with Crippen molar-refractivity contribution in [3.63, 3.8) is 0 Å². The largest absolute Gasteiger partial charge is 0.375 e. The summed E-state index contributed by atoms with van der Waals surface area (Å²) in [7, 11) is 0. The lowest BCUT2D eigenvalue weighted by Crippen LogP contribution is -2.03. The third-order valence-corrected chi connectivity index (χ3v) is 1.79. The molecule has 0 radical (unpaired) electrons. The van der Waals surface area contributed by atoms with Crippen LogP contribution < -0.4 is 5.73 Å². The lowest BCUT2D eigenvalue weighted by Gasteiger charge is -2.03. The summed E-state index contributed by atoms with van der Waals surface area (Å²) in [5.74, 6) is 0. The molecule has 0 bridgehead atoms. The molecule has 0 saturated carbocycles. The number of hydrogen-bond donors (Lipinski definition) is 1. The van der Waals surface area contributed by atoms with E-state index in [0.717, 1.165) is 17.8 Å². The standard InChI is InChI=1S/C11H16N2O/c1-2-3-7-14-9-11-6-4-5-10(8-12)13-11/h2,4-6H,1,3,7-9,12H2. The summed E-state index contributed by atoms with van der Waals surface area (Å²) >= 11 is 0. The second kappa shape index (κ2) is 6.29. The molecule has 3 nitrogen and oxygen atoms in total. The van der Waals surface area contributed by atoms with Gasteiger partial charge in [-0.25, -0.2) is 0 Å². The molecule has 14 heavy (non-hydrogen) atoms. The Balaban J connectivity index is 2.38. The van der Waals surface area contributed by atoms with Crippen molar-refractivity contribution < 1.29 is 4.74 Å². The first-order valence-electron chi connectivity index (χ1n) is 4.70. The van der Waals surface area contributed by atoms with Crippen molar-refractivity contribution in [3.05, 3.63) is 42.2 Å². The SMILES string of the molecule is C=CCCOCc1cccc(CN)n1. The minimum Gasteiger partial charge on any atom is -0.375 e. The highest BCUT2D eigenvalue weighted by molar-refractivity contribution is 5.10. The summed E-state index contributed by atoms with van der Waals surface area (Å²) in [6.45, 7) is 5.33. The van der Waals surface area contributed by atoms with Crippen molar-refractivity contribution in [1.82, 2.24) is 4.98 Å². The molecule has 0 fully saturated rings. The van der Waals surface area contributed by atoms with Crippen LogP contribution in [-0.4, -0.2) is 11.6 Å². The van der Waals surface area contributed by atoms with Crippen LogP contribution in [0.5, 0.6) is 0 Å². The number of nitrogens with zero attached hydrogens (tertiary/aromatic N) is 1. The maximum Gasteiger partial charge on any atom is 0.0888 e. The highest BCUT2D eigenvalue weighted by atomic mass is 16.5. The highest BCUT2D eigenvalue weighted by Crippen LogP contribution is 2.00. The molecule has 0 aliphatic heterocycles. The fourth-order valence-corrected chi connectivity index (χ4v) is 1.07. The van der Waals surface area contributed by atoms with Gasteiger partial charge in [-0.2, -0.15) is 0 Å². The van der Waals surface area contributed by atoms with Gasteiger partial charge < -0.3 is 10.5 Å². The van der Waals surface area contributed by atoms with Crippen molar-refractivity contribution >= 4 is 0 Å². The van der Waals surface area contributed by atoms with Gasteiger partial charge in [0.2, 0.25) is 0 Å². The summed E-state index contributed by atoms with van der Waals surface area (Å²) in [4.78, 5) is 4.31. The van der Waals surface area contributed by atoms with Gasteiger partial charge in [0, 0.05) is 6.54 Å². The van der Waals surface area contributed by atoms with Gasteiger partial charge in [-0.15, -0.1) is 6.58 Å². The summed E-state index contributed by atoms with van der Waals surface area (Å²) in [5, 5.41) is 0. The zero-order valence-corrected chi connectivity index (χ0v) is 8.28. The Morgan fingerprint density at radius 3 is 2.93 bits per heavy atom. The van der Waals surface area contributed by atoms with Gasteiger partial charge in [0.25, 0.3) is 0 Å². The van der Waals surface area contributed by atoms with Crippen LogP contribution >= 0.6 is 0 Å². The quantitative estimate of drug-likeness (QED) is 0.550. The third kappa shape index (κ3) is 3.68. The van der Waals surface area contributed by atoms with E-state index in [2.05, 4.69) is 11.6 Å². The van der Waals surface area contributed by atoms with Crippen LogP contribution in [0.4, 0.5) is 0 Å². The average molecular weight is 192 g/mol. The van der Waals surface area contributed by atoms with Gasteiger partial charge in [-0.1, -0.05) is 12.1 Å². The first-order valence-corrected chi connectivity index (χ1v) is 4.70. The Morgan fingerprint density at radius 1 is 1.43 bits per heavy atom. The number of aromatic nitrogens is 1. The van der Waals surface area contributed by atoms with E-state index in [1.54, 1.807) is 0 Å². The van der Waals surface area contributed by atoms with E-state index >= 15 is 0 Å². The smallest absolute Gasteiger partial charge is 0.0888 e. The molecular formula is C11H16N2O. The van der Waals surface area contributed by atoms with Crippen LogP contribution in [0.1, 0.15) is 17.8 Å². The van der Waals surface area contributed by atoms with E-state index in [1.165, 1.54) is 0 Å². The molecule has 0 aromatic carbocycles. The average Bonchev–Trinajstić information content (AvgIpc) is 2.25. The minimum absolute atomic E-state index is 0.473. The molecule has 1 aromatic rings. The van der Waals surface area contributed by atoms with E-state index in [0.29, 0.717) is 19.8 Å². The van der Waals surface area contributed by atoms with Crippen LogP contribution in [0.3, 0.4) is 0 Å². The summed E-state index contributed by atoms with van der Waals surface area (Å²) in [6, 6.07) is 5.79. The fraction of sp³-hybridized carbons (Fsp3) is 0.364. The van der Waals surface area contributed by atoms with E-state index < -0.39 is 0 Å². The Labute approximate surface area is 84.6 Å². The molecule has 0 unspecified atom stereocenters. The second-order valence-electron chi connectivity index (χ2n) is 2.95. The number of ether oxygens (including phenoxy) is 1. The van der Waals surface area contributed by atoms with Crippen molar-refractivity contribution in [2.24, 2.45) is 5.73 Å². The number of rotatable bonds is 6. The predicted octanol–water partition coefficient (Wildman–Crippen LogP) is 1.63. The third-order valence-electron chi connectivity index (χ3n) is 1.79. The van der Waals surface area contributed by atoms with Crippen LogP contribution in [0.15, 0.2) is 30.9 Å². The fourth-order valence-electron chi connectivity index (χ4n) is 1.07. The molecule has 1 aromatic heterocycles. The van der Waals surface area contributed by atoms with Gasteiger partial charge in [0.1, 0.15) is 0 Å². The Kier molecular flexibility index (Phi) is 4.89. The van der Waals surface area contributed by atoms with E-state index in [4.69, 9.17) is 10.5 Å². The normalized spacial score (nSPS) is 10.1. The zero-order valence-electron chi connectivity index (χ0n) is 8.28. The first kappa shape index (κ1) is 10.9. The Hall–Kier alpha value is -1.19. The Bertz CT molecular complexity index is 286. The van der Waals surface area contributed by atoms with E-state index in [9.17, 15) is 0 Å². The summed E-state index contributed by atoms with van der Waals surface area (Å²) < 4.78 is 5.39. The second-order valence-corrected chi connectivity index (χ2v) is 2.95. The monoisotopic (exact) mass is 192 g/mol. The lowest BCUT2D eigenvalue weighted by molar-refractivity contribution is 0.122. The molecule has 0 aliphatic carbocycles. The summed E-state index contributed by atoms with van der Waals surface area (Å²) in [5.41, 5.74) is 7.30. The van der Waals surface area contributed by atoms with Gasteiger partial charge in [-0.05, 0) is 18.6 Å². The molecule has 0 saturated heterocycles. The summed E-state index contributed by atoms with van der Waals surface area (Å²) in [6.07, 6.45) is 2.71. The predicted molar refractivity (Wildman–Crippen MR) is 56.6 cm³/mol. The molecule has 0 spiro atoms. The van der Waals surface area contributed by atoms with Crippen LogP contribution in [-0.2, 0) is 17.9 Å². The highest BCUT2D eigenvalue weighted by Gasteiger charge is 1.95. The number of nitrogens with two attached hydrogens (primary N) is 1. The van der Waals surface area contributed by atoms with Gasteiger partial charge in [0.15, 0.2) is 0 Å². The van der Waals surface area contributed by atoms with Crippen LogP contribution in [0.2, 0.25) is 0 Å². The molecule has 3 heteroatoms. The molecular weight excluding hydrogens is 176 g/mol. The van der Waals surface area contributed by atoms with E-state index in [1.807, 2.05) is 24.3 Å². The molecule has 1 heterocycles. The molecule has 0 amide bonds. The first-order chi connectivity index (χ1) is 6.86. The number of hydrogen-bond acceptors (Lipinski definition) is 3. The Morgan fingerprint density at radius 2 is 2.21 bits per heavy atom. The molecule has 1 rings (SSSR count). The molecule has 0 aliphatic rings. The minimum atomic E-state index is 0.473. The zero-order chi connectivity index (χ0) is 10.2. The van der Waals surface area contributed by atoms with Crippen LogP contribution in [0, 0.1) is 0 Å². The molecule has 2 N–H and O–H groups in total. The van der Waals surface area contributed by atoms with Crippen molar-refractivity contribution in [3.8, 4) is 0 Å². The lowest BCUT2D eigenvalue weighted by atomic mass is 10.3. The van der Waals surface area contributed by atoms with Gasteiger partial charge in [0.05, 0.1) is 24.6 Å².